The lowest BCUT2D eigenvalue weighted by Crippen LogP contribution is -2.14. The molecule has 31 heavy (non-hydrogen) atoms. The Morgan fingerprint density at radius 2 is 1.65 bits per heavy atom. The van der Waals surface area contributed by atoms with Crippen molar-refractivity contribution in [2.75, 3.05) is 16.0 Å². The molecule has 0 atom stereocenters. The van der Waals surface area contributed by atoms with Gasteiger partial charge >= 0.3 is 6.18 Å². The number of nitrogens with one attached hydrogen (secondary N) is 3. The SMILES string of the molecule is CC(=O)Nc1ccc(NC(=O)Cc2csc(Nc3ccc(Cl)c(C(F)(F)F)c3)n2)cc1. The van der Waals surface area contributed by atoms with Crippen molar-refractivity contribution in [1.82, 2.24) is 4.98 Å². The van der Waals surface area contributed by atoms with Gasteiger partial charge in [0.25, 0.3) is 0 Å². The first-order valence-corrected chi connectivity index (χ1v) is 10.1. The van der Waals surface area contributed by atoms with Crippen molar-refractivity contribution in [3.8, 4) is 0 Å². The highest BCUT2D eigenvalue weighted by Gasteiger charge is 2.33. The minimum absolute atomic E-state index is 0.0138. The summed E-state index contributed by atoms with van der Waals surface area (Å²) >= 11 is 6.78. The molecule has 0 unspecified atom stereocenters. The molecular formula is C20H16ClF3N4O2S. The number of thiazole rings is 1. The molecule has 0 aliphatic rings. The molecule has 0 aliphatic heterocycles. The molecule has 2 aromatic carbocycles. The Morgan fingerprint density at radius 1 is 1.03 bits per heavy atom. The molecule has 3 aromatic rings. The fraction of sp³-hybridized carbons (Fsp3) is 0.150. The summed E-state index contributed by atoms with van der Waals surface area (Å²) in [6.45, 7) is 1.40. The summed E-state index contributed by atoms with van der Waals surface area (Å²) in [5.41, 5.74) is 0.858. The Morgan fingerprint density at radius 3 is 2.26 bits per heavy atom. The summed E-state index contributed by atoms with van der Waals surface area (Å²) in [6, 6.07) is 10.1. The summed E-state index contributed by atoms with van der Waals surface area (Å²) < 4.78 is 39.0. The molecule has 0 saturated carbocycles. The normalized spacial score (nSPS) is 11.1. The van der Waals surface area contributed by atoms with Crippen LogP contribution in [-0.2, 0) is 22.2 Å². The van der Waals surface area contributed by atoms with E-state index in [1.54, 1.807) is 29.6 Å². The van der Waals surface area contributed by atoms with Crippen LogP contribution in [0.4, 0.5) is 35.4 Å². The molecule has 0 radical (unpaired) electrons. The third-order valence-corrected chi connectivity index (χ3v) is 5.04. The standard InChI is InChI=1S/C20H16ClF3N4O2S/c1-11(29)25-12-2-4-13(5-3-12)26-18(30)9-15-10-31-19(28-15)27-14-6-7-17(21)16(8-14)20(22,23)24/h2-8,10H,9H2,1H3,(H,25,29)(H,26,30)(H,27,28). The van der Waals surface area contributed by atoms with Crippen molar-refractivity contribution >= 4 is 56.9 Å². The van der Waals surface area contributed by atoms with Gasteiger partial charge in [-0.3, -0.25) is 9.59 Å². The van der Waals surface area contributed by atoms with Gasteiger partial charge in [-0.05, 0) is 42.5 Å². The topological polar surface area (TPSA) is 83.1 Å². The van der Waals surface area contributed by atoms with Crippen LogP contribution in [-0.4, -0.2) is 16.8 Å². The van der Waals surface area contributed by atoms with Gasteiger partial charge in [-0.15, -0.1) is 11.3 Å². The van der Waals surface area contributed by atoms with Crippen LogP contribution in [0.3, 0.4) is 0 Å². The number of halogens is 4. The van der Waals surface area contributed by atoms with Gasteiger partial charge in [0.05, 0.1) is 22.7 Å². The molecule has 11 heteroatoms. The Hall–Kier alpha value is -3.11. The van der Waals surface area contributed by atoms with Gasteiger partial charge in [0, 0.05) is 29.4 Å². The maximum atomic E-state index is 13.0. The molecule has 0 saturated heterocycles. The maximum absolute atomic E-state index is 13.0. The summed E-state index contributed by atoms with van der Waals surface area (Å²) in [4.78, 5) is 27.5. The van der Waals surface area contributed by atoms with E-state index < -0.39 is 11.7 Å². The number of carbonyl (C=O) groups is 2. The Labute approximate surface area is 184 Å². The van der Waals surface area contributed by atoms with E-state index in [0.29, 0.717) is 22.2 Å². The van der Waals surface area contributed by atoms with Gasteiger partial charge in [-0.2, -0.15) is 13.2 Å². The molecule has 0 spiro atoms. The Kier molecular flexibility index (Phi) is 6.81. The number of amides is 2. The van der Waals surface area contributed by atoms with E-state index >= 15 is 0 Å². The van der Waals surface area contributed by atoms with Gasteiger partial charge in [0.1, 0.15) is 0 Å². The van der Waals surface area contributed by atoms with Gasteiger partial charge in [0.2, 0.25) is 11.8 Å². The zero-order chi connectivity index (χ0) is 22.6. The van der Waals surface area contributed by atoms with Gasteiger partial charge in [-0.25, -0.2) is 4.98 Å². The zero-order valence-corrected chi connectivity index (χ0v) is 17.6. The molecular weight excluding hydrogens is 453 g/mol. The first-order chi connectivity index (χ1) is 14.6. The maximum Gasteiger partial charge on any atom is 0.417 e. The van der Waals surface area contributed by atoms with Crippen LogP contribution in [0.15, 0.2) is 47.8 Å². The number of rotatable bonds is 6. The quantitative estimate of drug-likeness (QED) is 0.433. The minimum Gasteiger partial charge on any atom is -0.332 e. The molecule has 2 amide bonds. The van der Waals surface area contributed by atoms with Gasteiger partial charge in [0.15, 0.2) is 5.13 Å². The monoisotopic (exact) mass is 468 g/mol. The molecule has 3 rings (SSSR count). The molecule has 0 fully saturated rings. The van der Waals surface area contributed by atoms with E-state index in [-0.39, 0.29) is 28.9 Å². The minimum atomic E-state index is -4.57. The smallest absolute Gasteiger partial charge is 0.332 e. The van der Waals surface area contributed by atoms with Crippen LogP contribution >= 0.6 is 22.9 Å². The lowest BCUT2D eigenvalue weighted by molar-refractivity contribution is -0.137. The molecule has 6 nitrogen and oxygen atoms in total. The number of alkyl halides is 3. The molecule has 1 aromatic heterocycles. The summed E-state index contributed by atoms with van der Waals surface area (Å²) in [7, 11) is 0. The first-order valence-electron chi connectivity index (χ1n) is 8.86. The third-order valence-electron chi connectivity index (χ3n) is 3.91. The van der Waals surface area contributed by atoms with Crippen molar-refractivity contribution < 1.29 is 22.8 Å². The molecule has 0 aliphatic carbocycles. The van der Waals surface area contributed by atoms with E-state index in [1.165, 1.54) is 13.0 Å². The Balaban J connectivity index is 1.60. The number of hydrogen-bond acceptors (Lipinski definition) is 5. The van der Waals surface area contributed by atoms with Crippen molar-refractivity contribution in [3.05, 3.63) is 64.1 Å². The van der Waals surface area contributed by atoms with Crippen LogP contribution in [0.25, 0.3) is 0 Å². The van der Waals surface area contributed by atoms with Crippen LogP contribution in [0.2, 0.25) is 5.02 Å². The molecule has 1 heterocycles. The number of anilines is 4. The molecule has 3 N–H and O–H groups in total. The van der Waals surface area contributed by atoms with Crippen molar-refractivity contribution in [3.63, 3.8) is 0 Å². The van der Waals surface area contributed by atoms with Crippen molar-refractivity contribution in [2.45, 2.75) is 19.5 Å². The van der Waals surface area contributed by atoms with E-state index in [1.807, 2.05) is 0 Å². The zero-order valence-electron chi connectivity index (χ0n) is 16.0. The number of hydrogen-bond donors (Lipinski definition) is 3. The summed E-state index contributed by atoms with van der Waals surface area (Å²) in [5, 5.41) is 9.73. The fourth-order valence-corrected chi connectivity index (χ4v) is 3.55. The van der Waals surface area contributed by atoms with Crippen LogP contribution in [0, 0.1) is 0 Å². The lowest BCUT2D eigenvalue weighted by Gasteiger charge is -2.11. The van der Waals surface area contributed by atoms with Crippen LogP contribution in [0.5, 0.6) is 0 Å². The summed E-state index contributed by atoms with van der Waals surface area (Å²) in [6.07, 6.45) is -4.58. The largest absolute Gasteiger partial charge is 0.417 e. The second-order valence-corrected chi connectivity index (χ2v) is 7.71. The average molecular weight is 469 g/mol. The highest BCUT2D eigenvalue weighted by atomic mass is 35.5. The first kappa shape index (κ1) is 22.6. The fourth-order valence-electron chi connectivity index (χ4n) is 2.60. The number of carbonyl (C=O) groups excluding carboxylic acids is 2. The van der Waals surface area contributed by atoms with Crippen LogP contribution < -0.4 is 16.0 Å². The second-order valence-electron chi connectivity index (χ2n) is 6.44. The number of nitrogens with zero attached hydrogens (tertiary/aromatic N) is 1. The van der Waals surface area contributed by atoms with E-state index in [2.05, 4.69) is 20.9 Å². The molecule has 162 valence electrons. The highest BCUT2D eigenvalue weighted by molar-refractivity contribution is 7.13. The van der Waals surface area contributed by atoms with E-state index in [9.17, 15) is 22.8 Å². The third kappa shape index (κ3) is 6.43. The van der Waals surface area contributed by atoms with E-state index in [4.69, 9.17) is 11.6 Å². The van der Waals surface area contributed by atoms with Crippen molar-refractivity contribution in [2.24, 2.45) is 0 Å². The predicted molar refractivity (Wildman–Crippen MR) is 115 cm³/mol. The second kappa shape index (κ2) is 9.36. The van der Waals surface area contributed by atoms with Crippen LogP contribution in [0.1, 0.15) is 18.2 Å². The Bertz CT molecular complexity index is 1100. The predicted octanol–water partition coefficient (Wildman–Crippen LogP) is 5.70. The van der Waals surface area contributed by atoms with Gasteiger partial charge in [-0.1, -0.05) is 11.6 Å². The average Bonchev–Trinajstić information content (AvgIpc) is 3.10. The molecule has 0 bridgehead atoms. The highest BCUT2D eigenvalue weighted by Crippen LogP contribution is 2.37. The van der Waals surface area contributed by atoms with E-state index in [0.717, 1.165) is 23.5 Å². The van der Waals surface area contributed by atoms with Gasteiger partial charge < -0.3 is 16.0 Å². The number of benzene rings is 2. The lowest BCUT2D eigenvalue weighted by atomic mass is 10.2. The number of aromatic nitrogens is 1. The van der Waals surface area contributed by atoms with Crippen molar-refractivity contribution in [1.29, 1.82) is 0 Å². The summed E-state index contributed by atoms with van der Waals surface area (Å²) in [5.74, 6) is -0.507.